The molecule has 19 heteroatoms. The van der Waals surface area contributed by atoms with Crippen LogP contribution >= 0.6 is 0 Å². The number of rotatable bonds is 26. The number of benzene rings is 4. The van der Waals surface area contributed by atoms with Crippen molar-refractivity contribution in [1.29, 1.82) is 10.5 Å². The minimum atomic E-state index is -4.66. The van der Waals surface area contributed by atoms with E-state index < -0.39 is 59.6 Å². The smallest absolute Gasteiger partial charge is 0.416 e. The first-order valence-electron chi connectivity index (χ1n) is 26.9. The van der Waals surface area contributed by atoms with Gasteiger partial charge in [-0.2, -0.15) is 36.9 Å². The van der Waals surface area contributed by atoms with Crippen LogP contribution in [0.1, 0.15) is 150 Å². The molecule has 2 aliphatic rings. The molecule has 13 nitrogen and oxygen atoms in total. The number of alkyl halides is 6. The van der Waals surface area contributed by atoms with Gasteiger partial charge < -0.3 is 24.6 Å². The van der Waals surface area contributed by atoms with Crippen LogP contribution in [0.2, 0.25) is 0 Å². The van der Waals surface area contributed by atoms with E-state index in [2.05, 4.69) is 17.5 Å². The largest absolute Gasteiger partial charge is 0.463 e. The quantitative estimate of drug-likeness (QED) is 0.0367. The van der Waals surface area contributed by atoms with E-state index in [4.69, 9.17) is 9.47 Å². The lowest BCUT2D eigenvalue weighted by atomic mass is 9.91. The van der Waals surface area contributed by atoms with Gasteiger partial charge in [-0.25, -0.2) is 19.2 Å². The molecule has 0 aromatic heterocycles. The number of amides is 4. The summed E-state index contributed by atoms with van der Waals surface area (Å²) in [5.41, 5.74) is 0.460. The Labute approximate surface area is 458 Å². The molecular formula is C60H67F6N7O6. The SMILES string of the molecule is CCOC(=O)C1=C(C)N(c2cccc(C(F)(F)F)c2)C(=O)N(CCCCCCCCNCCCCCCCCN2C(=O)N(c3cccc(C(F)(F)F)c3)C(C)=C(C(=O)OCC)C2c2ccc(C#N)cc2)C1c1ccc(C#N)cc1. The summed E-state index contributed by atoms with van der Waals surface area (Å²) in [6.07, 6.45) is 0.814. The van der Waals surface area contributed by atoms with Crippen molar-refractivity contribution in [1.82, 2.24) is 15.1 Å². The molecule has 4 aromatic carbocycles. The Hall–Kier alpha value is -7.64. The molecule has 0 saturated heterocycles. The van der Waals surface area contributed by atoms with Gasteiger partial charge in [0, 0.05) is 24.5 Å². The normalized spacial score (nSPS) is 16.1. The van der Waals surface area contributed by atoms with Crippen LogP contribution in [0.25, 0.3) is 0 Å². The number of urea groups is 2. The van der Waals surface area contributed by atoms with Crippen molar-refractivity contribution in [3.8, 4) is 12.1 Å². The van der Waals surface area contributed by atoms with Gasteiger partial charge in [0.05, 0.1) is 82.2 Å². The zero-order valence-electron chi connectivity index (χ0n) is 45.0. The number of nitrogens with zero attached hydrogens (tertiary/aromatic N) is 6. The average Bonchev–Trinajstić information content (AvgIpc) is 3.49. The van der Waals surface area contributed by atoms with Crippen LogP contribution in [0.15, 0.2) is 120 Å². The van der Waals surface area contributed by atoms with E-state index in [9.17, 15) is 56.0 Å². The molecule has 2 heterocycles. The molecule has 79 heavy (non-hydrogen) atoms. The molecule has 0 fully saturated rings. The summed E-state index contributed by atoms with van der Waals surface area (Å²) in [5.74, 6) is -1.40. The first-order valence-corrected chi connectivity index (χ1v) is 26.9. The van der Waals surface area contributed by atoms with E-state index in [-0.39, 0.29) is 60.2 Å². The number of carbonyl (C=O) groups excluding carboxylic acids is 4. The maximum absolute atomic E-state index is 14.4. The lowest BCUT2D eigenvalue weighted by Crippen LogP contribution is -2.51. The summed E-state index contributed by atoms with van der Waals surface area (Å²) in [6.45, 7) is 8.48. The number of halogens is 6. The lowest BCUT2D eigenvalue weighted by Gasteiger charge is -2.43. The van der Waals surface area contributed by atoms with Crippen LogP contribution in [0.5, 0.6) is 0 Å². The predicted molar refractivity (Wildman–Crippen MR) is 287 cm³/mol. The van der Waals surface area contributed by atoms with Gasteiger partial charge in [0.2, 0.25) is 0 Å². The molecule has 4 aromatic rings. The Balaban J connectivity index is 0.961. The maximum atomic E-state index is 14.4. The fourth-order valence-corrected chi connectivity index (χ4v) is 10.1. The Morgan fingerprint density at radius 3 is 1.20 bits per heavy atom. The van der Waals surface area contributed by atoms with E-state index in [1.807, 2.05) is 0 Å². The molecular weight excluding hydrogens is 1030 g/mol. The van der Waals surface area contributed by atoms with Gasteiger partial charge in [-0.1, -0.05) is 87.8 Å². The van der Waals surface area contributed by atoms with E-state index in [0.717, 1.165) is 111 Å². The van der Waals surface area contributed by atoms with Gasteiger partial charge >= 0.3 is 36.4 Å². The molecule has 2 atom stereocenters. The molecule has 0 radical (unpaired) electrons. The Morgan fingerprint density at radius 2 is 0.873 bits per heavy atom. The van der Waals surface area contributed by atoms with Crippen LogP contribution in [0.4, 0.5) is 47.3 Å². The van der Waals surface area contributed by atoms with Crippen LogP contribution in [0, 0.1) is 22.7 Å². The van der Waals surface area contributed by atoms with E-state index >= 15 is 0 Å². The van der Waals surface area contributed by atoms with Crippen LogP contribution < -0.4 is 15.1 Å². The first-order chi connectivity index (χ1) is 37.9. The van der Waals surface area contributed by atoms with Crippen LogP contribution in [-0.4, -0.2) is 73.2 Å². The monoisotopic (exact) mass is 1100 g/mol. The van der Waals surface area contributed by atoms with Gasteiger partial charge in [0.1, 0.15) is 0 Å². The van der Waals surface area contributed by atoms with Gasteiger partial charge in [0.15, 0.2) is 0 Å². The highest BCUT2D eigenvalue weighted by molar-refractivity contribution is 6.04. The second-order valence-corrected chi connectivity index (χ2v) is 19.4. The second kappa shape index (κ2) is 28.3. The summed E-state index contributed by atoms with van der Waals surface area (Å²) < 4.78 is 94.0. The molecule has 4 amide bonds. The Kier molecular flexibility index (Phi) is 21.7. The summed E-state index contributed by atoms with van der Waals surface area (Å²) in [6, 6.07) is 23.0. The zero-order valence-corrected chi connectivity index (χ0v) is 45.0. The number of unbranched alkanes of at least 4 members (excludes halogenated alkanes) is 10. The van der Waals surface area contributed by atoms with Crippen LogP contribution in [0.3, 0.4) is 0 Å². The minimum Gasteiger partial charge on any atom is -0.463 e. The predicted octanol–water partition coefficient (Wildman–Crippen LogP) is 14.1. The number of nitrogens with one attached hydrogen (secondary N) is 1. The molecule has 0 aliphatic carbocycles. The third-order valence-corrected chi connectivity index (χ3v) is 14.1. The minimum absolute atomic E-state index is 0.0331. The highest BCUT2D eigenvalue weighted by Crippen LogP contribution is 2.44. The molecule has 0 saturated carbocycles. The summed E-state index contributed by atoms with van der Waals surface area (Å²) in [4.78, 5) is 61.5. The van der Waals surface area contributed by atoms with E-state index in [1.165, 1.54) is 47.9 Å². The Bertz CT molecular complexity index is 2710. The van der Waals surface area contributed by atoms with E-state index in [1.54, 1.807) is 62.4 Å². The highest BCUT2D eigenvalue weighted by Gasteiger charge is 2.45. The maximum Gasteiger partial charge on any atom is 0.416 e. The fourth-order valence-electron chi connectivity index (χ4n) is 10.1. The number of hydrogen-bond donors (Lipinski definition) is 1. The van der Waals surface area contributed by atoms with Crippen molar-refractivity contribution >= 4 is 35.4 Å². The van der Waals surface area contributed by atoms with Crippen molar-refractivity contribution in [2.45, 2.75) is 129 Å². The van der Waals surface area contributed by atoms with Crippen LogP contribution in [-0.2, 0) is 31.4 Å². The highest BCUT2D eigenvalue weighted by atomic mass is 19.4. The van der Waals surface area contributed by atoms with Crippen molar-refractivity contribution < 1.29 is 55.0 Å². The third-order valence-electron chi connectivity index (χ3n) is 14.1. The van der Waals surface area contributed by atoms with Gasteiger partial charge in [-0.15, -0.1) is 0 Å². The van der Waals surface area contributed by atoms with Crippen molar-refractivity contribution in [2.24, 2.45) is 0 Å². The standard InChI is InChI=1S/C60H67F6N7O6/c1-5-78-55(74)51-41(3)72(49-23-19-21-47(37-49)59(61,62)63)57(76)70(53(51)45-29-25-43(39-67)26-30-45)35-17-13-9-7-11-15-33-69-34-16-12-8-10-14-18-36-71-54(46-31-27-44(40-68)28-32-46)52(56(75)79-6-2)42(4)73(58(71)77)50-24-20-22-48(38-50)60(64,65)66/h19-32,37-38,53-54,69H,5-18,33-36H2,1-4H3. The summed E-state index contributed by atoms with van der Waals surface area (Å²) in [5, 5.41) is 22.4. The summed E-state index contributed by atoms with van der Waals surface area (Å²) >= 11 is 0. The van der Waals surface area contributed by atoms with Gasteiger partial charge in [-0.3, -0.25) is 9.80 Å². The average molecular weight is 1100 g/mol. The fraction of sp³-hybridized carbons (Fsp3) is 0.433. The number of nitriles is 2. The van der Waals surface area contributed by atoms with Crippen molar-refractivity contribution in [2.75, 3.05) is 49.2 Å². The topological polar surface area (TPSA) is 159 Å². The number of allylic oxidation sites excluding steroid dienone is 2. The number of hydrogen-bond acceptors (Lipinski definition) is 9. The number of anilines is 2. The van der Waals surface area contributed by atoms with Crippen molar-refractivity contribution in [3.63, 3.8) is 0 Å². The first kappa shape index (κ1) is 60.6. The second-order valence-electron chi connectivity index (χ2n) is 19.4. The van der Waals surface area contributed by atoms with Gasteiger partial charge in [0.25, 0.3) is 0 Å². The number of carbonyl (C=O) groups is 4. The molecule has 420 valence electrons. The molecule has 0 spiro atoms. The molecule has 2 unspecified atom stereocenters. The third kappa shape index (κ3) is 15.3. The molecule has 6 rings (SSSR count). The molecule has 2 aliphatic heterocycles. The number of esters is 2. The Morgan fingerprint density at radius 1 is 0.532 bits per heavy atom. The molecule has 1 N–H and O–H groups in total. The summed E-state index contributed by atoms with van der Waals surface area (Å²) in [7, 11) is 0. The van der Waals surface area contributed by atoms with Gasteiger partial charge in [-0.05, 0) is 138 Å². The van der Waals surface area contributed by atoms with E-state index in [0.29, 0.717) is 35.1 Å². The van der Waals surface area contributed by atoms with Crippen molar-refractivity contribution in [3.05, 3.63) is 153 Å². The number of ether oxygens (including phenoxy) is 2. The lowest BCUT2D eigenvalue weighted by molar-refractivity contribution is -0.140. The zero-order chi connectivity index (χ0) is 57.3. The molecule has 0 bridgehead atoms.